The molecular weight excluding hydrogens is 382 g/mol. The quantitative estimate of drug-likeness (QED) is 0.758. The molecule has 7 heteroatoms. The first-order valence-corrected chi connectivity index (χ1v) is 11.8. The van der Waals surface area contributed by atoms with Gasteiger partial charge in [0.05, 0.1) is 11.8 Å². The zero-order valence-corrected chi connectivity index (χ0v) is 19.0. The van der Waals surface area contributed by atoms with Crippen molar-refractivity contribution in [1.82, 2.24) is 15.1 Å². The molecular formula is C23H39N3O4. The van der Waals surface area contributed by atoms with E-state index in [0.717, 1.165) is 38.5 Å². The molecule has 1 aliphatic carbocycles. The zero-order valence-electron chi connectivity index (χ0n) is 19.0. The minimum atomic E-state index is -0.542. The summed E-state index contributed by atoms with van der Waals surface area (Å²) < 4.78 is 5.48. The molecule has 3 rings (SSSR count). The second kappa shape index (κ2) is 10.0. The maximum absolute atomic E-state index is 13.2. The number of ether oxygens (including phenoxy) is 1. The normalized spacial score (nSPS) is 26.2. The number of amides is 3. The Morgan fingerprint density at radius 3 is 2.07 bits per heavy atom. The smallest absolute Gasteiger partial charge is 0.410 e. The summed E-state index contributed by atoms with van der Waals surface area (Å²) in [7, 11) is 0. The Kier molecular flexibility index (Phi) is 7.64. The molecule has 0 radical (unpaired) electrons. The summed E-state index contributed by atoms with van der Waals surface area (Å²) in [6.07, 6.45) is 8.74. The van der Waals surface area contributed by atoms with Crippen LogP contribution in [0.3, 0.4) is 0 Å². The predicted octanol–water partition coefficient (Wildman–Crippen LogP) is 3.32. The van der Waals surface area contributed by atoms with Crippen molar-refractivity contribution >= 4 is 17.9 Å². The van der Waals surface area contributed by atoms with E-state index in [2.05, 4.69) is 5.32 Å². The van der Waals surface area contributed by atoms with Crippen LogP contribution in [0, 0.1) is 11.8 Å². The highest BCUT2D eigenvalue weighted by atomic mass is 16.6. The van der Waals surface area contributed by atoms with E-state index in [1.165, 1.54) is 19.3 Å². The monoisotopic (exact) mass is 421 g/mol. The summed E-state index contributed by atoms with van der Waals surface area (Å²) in [6, 6.07) is 0.304. The fourth-order valence-electron chi connectivity index (χ4n) is 4.89. The summed E-state index contributed by atoms with van der Waals surface area (Å²) >= 11 is 0. The summed E-state index contributed by atoms with van der Waals surface area (Å²) in [5.74, 6) is -0.126. The van der Waals surface area contributed by atoms with Crippen LogP contribution in [0.5, 0.6) is 0 Å². The van der Waals surface area contributed by atoms with Crippen LogP contribution < -0.4 is 5.32 Å². The van der Waals surface area contributed by atoms with E-state index in [9.17, 15) is 14.4 Å². The number of hydrogen-bond donors (Lipinski definition) is 1. The lowest BCUT2D eigenvalue weighted by molar-refractivity contribution is -0.140. The van der Waals surface area contributed by atoms with E-state index in [4.69, 9.17) is 4.74 Å². The molecule has 2 heterocycles. The number of hydrogen-bond acceptors (Lipinski definition) is 4. The highest BCUT2D eigenvalue weighted by molar-refractivity contribution is 5.83. The number of carbonyl (C=O) groups is 3. The Labute approximate surface area is 180 Å². The lowest BCUT2D eigenvalue weighted by atomic mass is 9.91. The topological polar surface area (TPSA) is 79.0 Å². The van der Waals surface area contributed by atoms with Gasteiger partial charge in [-0.15, -0.1) is 0 Å². The van der Waals surface area contributed by atoms with Crippen LogP contribution in [0.15, 0.2) is 0 Å². The molecule has 30 heavy (non-hydrogen) atoms. The van der Waals surface area contributed by atoms with Crippen molar-refractivity contribution in [3.05, 3.63) is 0 Å². The average molecular weight is 422 g/mol. The molecule has 3 aliphatic rings. The molecule has 3 amide bonds. The molecule has 1 saturated carbocycles. The second-order valence-corrected chi connectivity index (χ2v) is 10.2. The van der Waals surface area contributed by atoms with E-state index >= 15 is 0 Å². The van der Waals surface area contributed by atoms with Gasteiger partial charge in [0.1, 0.15) is 5.60 Å². The molecule has 0 aromatic carbocycles. The minimum Gasteiger partial charge on any atom is -0.444 e. The van der Waals surface area contributed by atoms with Gasteiger partial charge >= 0.3 is 6.09 Å². The Morgan fingerprint density at radius 1 is 0.800 bits per heavy atom. The van der Waals surface area contributed by atoms with Crippen LogP contribution in [0.25, 0.3) is 0 Å². The third-order valence-corrected chi connectivity index (χ3v) is 6.48. The van der Waals surface area contributed by atoms with Gasteiger partial charge in [-0.25, -0.2) is 4.79 Å². The number of nitrogens with zero attached hydrogens (tertiary/aromatic N) is 2. The fraction of sp³-hybridized carbons (Fsp3) is 0.870. The Hall–Kier alpha value is -1.79. The van der Waals surface area contributed by atoms with Crippen molar-refractivity contribution in [1.29, 1.82) is 0 Å². The molecule has 1 N–H and O–H groups in total. The summed E-state index contributed by atoms with van der Waals surface area (Å²) in [6.45, 7) is 7.79. The van der Waals surface area contributed by atoms with Crippen molar-refractivity contribution in [2.75, 3.05) is 26.2 Å². The van der Waals surface area contributed by atoms with Gasteiger partial charge in [-0.3, -0.25) is 9.59 Å². The maximum Gasteiger partial charge on any atom is 0.410 e. The molecule has 0 aromatic heterocycles. The number of likely N-dealkylation sites (tertiary alicyclic amines) is 2. The highest BCUT2D eigenvalue weighted by Crippen LogP contribution is 2.25. The number of carbonyl (C=O) groups excluding carboxylic acids is 3. The summed E-state index contributed by atoms with van der Waals surface area (Å²) in [4.78, 5) is 41.9. The number of rotatable bonds is 3. The fourth-order valence-corrected chi connectivity index (χ4v) is 4.89. The number of piperidine rings is 2. The molecule has 2 unspecified atom stereocenters. The molecule has 0 spiro atoms. The first-order valence-electron chi connectivity index (χ1n) is 11.8. The molecule has 2 saturated heterocycles. The van der Waals surface area contributed by atoms with E-state index < -0.39 is 5.60 Å². The van der Waals surface area contributed by atoms with Crippen molar-refractivity contribution in [2.45, 2.75) is 90.2 Å². The molecule has 2 aliphatic heterocycles. The number of nitrogens with one attached hydrogen (secondary N) is 1. The van der Waals surface area contributed by atoms with Gasteiger partial charge in [0, 0.05) is 32.2 Å². The molecule has 2 atom stereocenters. The Morgan fingerprint density at radius 2 is 1.40 bits per heavy atom. The highest BCUT2D eigenvalue weighted by Gasteiger charge is 2.36. The van der Waals surface area contributed by atoms with Gasteiger partial charge < -0.3 is 19.9 Å². The van der Waals surface area contributed by atoms with Crippen molar-refractivity contribution in [3.8, 4) is 0 Å². The third kappa shape index (κ3) is 6.35. The van der Waals surface area contributed by atoms with E-state index in [-0.39, 0.29) is 29.7 Å². The summed E-state index contributed by atoms with van der Waals surface area (Å²) in [5, 5.41) is 3.22. The van der Waals surface area contributed by atoms with Gasteiger partial charge in [-0.1, -0.05) is 19.3 Å². The molecule has 0 aromatic rings. The van der Waals surface area contributed by atoms with Crippen LogP contribution in [0.2, 0.25) is 0 Å². The van der Waals surface area contributed by atoms with Crippen molar-refractivity contribution in [3.63, 3.8) is 0 Å². The van der Waals surface area contributed by atoms with E-state index in [1.54, 1.807) is 4.90 Å². The van der Waals surface area contributed by atoms with Gasteiger partial charge in [-0.2, -0.15) is 0 Å². The maximum atomic E-state index is 13.2. The van der Waals surface area contributed by atoms with Crippen molar-refractivity contribution < 1.29 is 19.1 Å². The molecule has 170 valence electrons. The first kappa shape index (κ1) is 22.9. The van der Waals surface area contributed by atoms with Gasteiger partial charge in [0.15, 0.2) is 0 Å². The minimum absolute atomic E-state index is 0.0819. The molecule has 7 nitrogen and oxygen atoms in total. The molecule has 3 fully saturated rings. The van der Waals surface area contributed by atoms with Gasteiger partial charge in [0.25, 0.3) is 0 Å². The van der Waals surface area contributed by atoms with Crippen LogP contribution in [-0.2, 0) is 14.3 Å². The third-order valence-electron chi connectivity index (χ3n) is 6.48. The standard InChI is InChI=1S/C23H39N3O4/c1-23(2,3)30-22(29)26-14-8-10-18(16-26)21(28)25-13-7-9-17(15-25)20(27)24-19-11-5-4-6-12-19/h17-19H,4-16H2,1-3H3,(H,24,27). The van der Waals surface area contributed by atoms with Gasteiger partial charge in [0.2, 0.25) is 11.8 Å². The van der Waals surface area contributed by atoms with Crippen LogP contribution in [-0.4, -0.2) is 65.5 Å². The SMILES string of the molecule is CC(C)(C)OC(=O)N1CCCC(C(=O)N2CCCC(C(=O)NC3CCCCC3)C2)C1. The van der Waals surface area contributed by atoms with Gasteiger partial charge in [-0.05, 0) is 59.3 Å². The largest absolute Gasteiger partial charge is 0.444 e. The van der Waals surface area contributed by atoms with E-state index in [0.29, 0.717) is 32.2 Å². The average Bonchev–Trinajstić information content (AvgIpc) is 2.73. The Bertz CT molecular complexity index is 624. The van der Waals surface area contributed by atoms with Crippen LogP contribution in [0.1, 0.15) is 78.6 Å². The van der Waals surface area contributed by atoms with Crippen molar-refractivity contribution in [2.24, 2.45) is 11.8 Å². The summed E-state index contributed by atoms with van der Waals surface area (Å²) in [5.41, 5.74) is -0.542. The second-order valence-electron chi connectivity index (χ2n) is 10.2. The lowest BCUT2D eigenvalue weighted by Gasteiger charge is -2.38. The molecule has 0 bridgehead atoms. The van der Waals surface area contributed by atoms with Crippen LogP contribution in [0.4, 0.5) is 4.79 Å². The zero-order chi connectivity index (χ0) is 21.7. The lowest BCUT2D eigenvalue weighted by Crippen LogP contribution is -2.52. The van der Waals surface area contributed by atoms with Crippen LogP contribution >= 0.6 is 0 Å². The predicted molar refractivity (Wildman–Crippen MR) is 115 cm³/mol. The first-order chi connectivity index (χ1) is 14.2. The Balaban J connectivity index is 1.52. The van der Waals surface area contributed by atoms with E-state index in [1.807, 2.05) is 25.7 Å².